The predicted molar refractivity (Wildman–Crippen MR) is 136 cm³/mol. The van der Waals surface area contributed by atoms with Gasteiger partial charge < -0.3 is 14.8 Å². The number of imide groups is 2. The lowest BCUT2D eigenvalue weighted by Gasteiger charge is -2.36. The van der Waals surface area contributed by atoms with Crippen molar-refractivity contribution in [1.29, 1.82) is 0 Å². The number of hydrogen-bond acceptors (Lipinski definition) is 9. The van der Waals surface area contributed by atoms with E-state index in [1.54, 1.807) is 19.1 Å². The number of esters is 1. The van der Waals surface area contributed by atoms with E-state index in [-0.39, 0.29) is 42.2 Å². The van der Waals surface area contributed by atoms with E-state index >= 15 is 0 Å². The molecule has 0 aliphatic carbocycles. The van der Waals surface area contributed by atoms with Gasteiger partial charge in [-0.25, -0.2) is 9.69 Å². The zero-order valence-corrected chi connectivity index (χ0v) is 22.4. The molecule has 2 saturated heterocycles. The van der Waals surface area contributed by atoms with Crippen LogP contribution in [0.15, 0.2) is 24.3 Å². The van der Waals surface area contributed by atoms with Gasteiger partial charge in [0.15, 0.2) is 6.73 Å². The number of ether oxygens (including phenoxy) is 2. The third kappa shape index (κ3) is 5.71. The molecule has 0 radical (unpaired) electrons. The number of morpholine rings is 1. The van der Waals surface area contributed by atoms with Crippen LogP contribution in [0, 0.1) is 5.92 Å². The van der Waals surface area contributed by atoms with Gasteiger partial charge >= 0.3 is 5.97 Å². The first-order valence-corrected chi connectivity index (χ1v) is 13.3. The van der Waals surface area contributed by atoms with Gasteiger partial charge in [0, 0.05) is 19.5 Å². The minimum Gasteiger partial charge on any atom is -0.442 e. The number of hydrogen-bond donors (Lipinski definition) is 1. The van der Waals surface area contributed by atoms with Gasteiger partial charge in [0.2, 0.25) is 11.8 Å². The highest BCUT2D eigenvalue weighted by atomic mass is 16.5. The van der Waals surface area contributed by atoms with Crippen LogP contribution in [0.2, 0.25) is 0 Å². The van der Waals surface area contributed by atoms with Gasteiger partial charge in [-0.05, 0) is 30.9 Å². The Morgan fingerprint density at radius 2 is 1.67 bits per heavy atom. The van der Waals surface area contributed by atoms with E-state index in [9.17, 15) is 28.8 Å². The Hall–Kier alpha value is -3.64. The van der Waals surface area contributed by atoms with Gasteiger partial charge in [-0.2, -0.15) is 0 Å². The average Bonchev–Trinajstić information content (AvgIpc) is 3.17. The lowest BCUT2D eigenvalue weighted by atomic mass is 10.0. The fourth-order valence-corrected chi connectivity index (χ4v) is 5.25. The van der Waals surface area contributed by atoms with Gasteiger partial charge in [0.05, 0.1) is 30.4 Å². The molecule has 2 fully saturated rings. The Bertz CT molecular complexity index is 1130. The van der Waals surface area contributed by atoms with E-state index in [0.29, 0.717) is 26.3 Å². The van der Waals surface area contributed by atoms with Crippen molar-refractivity contribution in [2.75, 3.05) is 33.0 Å². The Balaban J connectivity index is 1.39. The molecule has 3 heterocycles. The number of likely N-dealkylation sites (tertiary alicyclic amines) is 1. The predicted octanol–water partition coefficient (Wildman–Crippen LogP) is 0.553. The molecule has 1 aromatic carbocycles. The molecule has 12 nitrogen and oxygen atoms in total. The maximum absolute atomic E-state index is 13.2. The standard InChI is InChI=1S/C27H34N4O8/c1-4-19(28-23(33)22(16(2)3)29-11-13-38-14-12-29)27(37)39-15-30-21(32)10-9-20(26(30)36)31-24(34)17-7-5-6-8-18(17)25(31)35/h5-8,16,19-20,22H,4,9-15H2,1-3H3,(H,28,33). The van der Waals surface area contributed by atoms with E-state index < -0.39 is 54.5 Å². The first-order valence-electron chi connectivity index (χ1n) is 13.3. The molecule has 4 rings (SSSR count). The molecule has 1 N–H and O–H groups in total. The number of benzene rings is 1. The minimum atomic E-state index is -1.18. The van der Waals surface area contributed by atoms with Gasteiger partial charge in [0.25, 0.3) is 17.7 Å². The second-order valence-electron chi connectivity index (χ2n) is 10.1. The van der Waals surface area contributed by atoms with Crippen molar-refractivity contribution in [2.24, 2.45) is 5.92 Å². The zero-order valence-electron chi connectivity index (χ0n) is 22.4. The van der Waals surface area contributed by atoms with Crippen LogP contribution >= 0.6 is 0 Å². The molecule has 210 valence electrons. The van der Waals surface area contributed by atoms with Gasteiger partial charge in [-0.3, -0.25) is 33.8 Å². The van der Waals surface area contributed by atoms with Gasteiger partial charge in [-0.1, -0.05) is 32.9 Å². The summed E-state index contributed by atoms with van der Waals surface area (Å²) in [6.45, 7) is 7.13. The van der Waals surface area contributed by atoms with Crippen LogP contribution in [0.3, 0.4) is 0 Å². The van der Waals surface area contributed by atoms with E-state index in [1.807, 2.05) is 18.7 Å². The van der Waals surface area contributed by atoms with Gasteiger partial charge in [0.1, 0.15) is 12.1 Å². The number of fused-ring (bicyclic) bond motifs is 1. The molecule has 0 aromatic heterocycles. The molecule has 12 heteroatoms. The molecule has 5 amide bonds. The van der Waals surface area contributed by atoms with Crippen LogP contribution in [0.25, 0.3) is 0 Å². The number of carbonyl (C=O) groups excluding carboxylic acids is 6. The molecule has 1 aromatic rings. The summed E-state index contributed by atoms with van der Waals surface area (Å²) in [6.07, 6.45) is 0.113. The Morgan fingerprint density at radius 3 is 2.23 bits per heavy atom. The lowest BCUT2D eigenvalue weighted by molar-refractivity contribution is -0.165. The van der Waals surface area contributed by atoms with Crippen LogP contribution in [-0.4, -0.2) is 101 Å². The molecule has 0 saturated carbocycles. The maximum atomic E-state index is 13.2. The first-order chi connectivity index (χ1) is 18.6. The number of rotatable bonds is 9. The molecule has 3 aliphatic rings. The van der Waals surface area contributed by atoms with Crippen LogP contribution < -0.4 is 5.32 Å². The van der Waals surface area contributed by atoms with Crippen molar-refractivity contribution >= 4 is 35.5 Å². The fourth-order valence-electron chi connectivity index (χ4n) is 5.25. The van der Waals surface area contributed by atoms with E-state index in [4.69, 9.17) is 9.47 Å². The largest absolute Gasteiger partial charge is 0.442 e. The summed E-state index contributed by atoms with van der Waals surface area (Å²) in [5.41, 5.74) is 0.395. The third-order valence-electron chi connectivity index (χ3n) is 7.31. The second kappa shape index (κ2) is 12.0. The highest BCUT2D eigenvalue weighted by Gasteiger charge is 2.47. The Labute approximate surface area is 226 Å². The molecule has 3 atom stereocenters. The highest BCUT2D eigenvalue weighted by molar-refractivity contribution is 6.23. The summed E-state index contributed by atoms with van der Waals surface area (Å²) in [5, 5.41) is 2.75. The number of nitrogens with zero attached hydrogens (tertiary/aromatic N) is 3. The molecule has 3 unspecified atom stereocenters. The van der Waals surface area contributed by atoms with Crippen LogP contribution in [0.4, 0.5) is 0 Å². The van der Waals surface area contributed by atoms with Crippen molar-refractivity contribution < 1.29 is 38.2 Å². The summed E-state index contributed by atoms with van der Waals surface area (Å²) in [4.78, 5) is 81.2. The number of amides is 5. The summed E-state index contributed by atoms with van der Waals surface area (Å²) < 4.78 is 10.7. The van der Waals surface area contributed by atoms with Gasteiger partial charge in [-0.15, -0.1) is 0 Å². The van der Waals surface area contributed by atoms with Crippen LogP contribution in [0.5, 0.6) is 0 Å². The van der Waals surface area contributed by atoms with Crippen molar-refractivity contribution in [1.82, 2.24) is 20.0 Å². The average molecular weight is 543 g/mol. The summed E-state index contributed by atoms with van der Waals surface area (Å²) in [7, 11) is 0. The topological polar surface area (TPSA) is 143 Å². The van der Waals surface area contributed by atoms with Crippen molar-refractivity contribution in [3.05, 3.63) is 35.4 Å². The lowest BCUT2D eigenvalue weighted by Crippen LogP contribution is -2.57. The first kappa shape index (κ1) is 28.4. The minimum absolute atomic E-state index is 0.0145. The molecular formula is C27H34N4O8. The van der Waals surface area contributed by atoms with Crippen molar-refractivity contribution in [3.63, 3.8) is 0 Å². The maximum Gasteiger partial charge on any atom is 0.330 e. The Morgan fingerprint density at radius 1 is 1.05 bits per heavy atom. The van der Waals surface area contributed by atoms with Crippen molar-refractivity contribution in [2.45, 2.75) is 58.2 Å². The molecule has 3 aliphatic heterocycles. The molecule has 39 heavy (non-hydrogen) atoms. The monoisotopic (exact) mass is 542 g/mol. The van der Waals surface area contributed by atoms with Crippen LogP contribution in [-0.2, 0) is 28.7 Å². The van der Waals surface area contributed by atoms with E-state index in [2.05, 4.69) is 5.32 Å². The quantitative estimate of drug-likeness (QED) is 0.350. The molecular weight excluding hydrogens is 508 g/mol. The second-order valence-corrected chi connectivity index (χ2v) is 10.1. The molecule has 0 bridgehead atoms. The van der Waals surface area contributed by atoms with Crippen molar-refractivity contribution in [3.8, 4) is 0 Å². The zero-order chi connectivity index (χ0) is 28.3. The fraction of sp³-hybridized carbons (Fsp3) is 0.556. The Kier molecular flexibility index (Phi) is 8.76. The normalized spacial score (nSPS) is 21.7. The van der Waals surface area contributed by atoms with Crippen LogP contribution in [0.1, 0.15) is 60.7 Å². The number of carbonyl (C=O) groups is 6. The van der Waals surface area contributed by atoms with E-state index in [0.717, 1.165) is 9.80 Å². The summed E-state index contributed by atoms with van der Waals surface area (Å²) >= 11 is 0. The number of piperidine rings is 1. The number of nitrogens with one attached hydrogen (secondary N) is 1. The SMILES string of the molecule is CCC(NC(=O)C(C(C)C)N1CCOCC1)C(=O)OCN1C(=O)CCC(N2C(=O)c3ccccc3C2=O)C1=O. The smallest absolute Gasteiger partial charge is 0.330 e. The summed E-state index contributed by atoms with van der Waals surface area (Å²) in [5.74, 6) is -3.70. The highest BCUT2D eigenvalue weighted by Crippen LogP contribution is 2.29. The molecule has 0 spiro atoms. The van der Waals surface area contributed by atoms with E-state index in [1.165, 1.54) is 12.1 Å². The summed E-state index contributed by atoms with van der Waals surface area (Å²) in [6, 6.07) is 3.64. The third-order valence-corrected chi connectivity index (χ3v) is 7.31.